The van der Waals surface area contributed by atoms with Crippen LogP contribution in [0, 0.1) is 0 Å². The van der Waals surface area contributed by atoms with E-state index in [1.165, 1.54) is 29.7 Å². The van der Waals surface area contributed by atoms with E-state index < -0.39 is 0 Å². The highest BCUT2D eigenvalue weighted by molar-refractivity contribution is 5.77. The third kappa shape index (κ3) is 4.57. The zero-order valence-corrected chi connectivity index (χ0v) is 13.9. The summed E-state index contributed by atoms with van der Waals surface area (Å²) in [6.45, 7) is 12.2. The summed E-state index contributed by atoms with van der Waals surface area (Å²) >= 11 is 0. The largest absolute Gasteiger partial charge is 0.304 e. The Hall–Kier alpha value is -1.86. The van der Waals surface area contributed by atoms with Gasteiger partial charge in [-0.1, -0.05) is 75.0 Å². The Bertz CT molecular complexity index is 565. The molecule has 0 aliphatic heterocycles. The number of rotatable bonds is 8. The first-order valence-corrected chi connectivity index (χ1v) is 8.30. The molecule has 0 atom stereocenters. The van der Waals surface area contributed by atoms with Gasteiger partial charge in [0, 0.05) is 0 Å². The summed E-state index contributed by atoms with van der Waals surface area (Å²) in [5.74, 6) is 0. The van der Waals surface area contributed by atoms with Crippen molar-refractivity contribution in [2.45, 2.75) is 26.7 Å². The summed E-state index contributed by atoms with van der Waals surface area (Å²) in [6, 6.07) is 19.3. The van der Waals surface area contributed by atoms with Crippen molar-refractivity contribution in [2.75, 3.05) is 19.6 Å². The summed E-state index contributed by atoms with van der Waals surface area (Å²) in [5.41, 5.74) is 4.91. The average molecular weight is 293 g/mol. The van der Waals surface area contributed by atoms with Crippen LogP contribution in [0.5, 0.6) is 0 Å². The van der Waals surface area contributed by atoms with E-state index >= 15 is 0 Å². The maximum atomic E-state index is 4.23. The predicted octanol–water partition coefficient (Wildman–Crippen LogP) is 5.02. The van der Waals surface area contributed by atoms with Gasteiger partial charge in [-0.3, -0.25) is 0 Å². The maximum Gasteiger partial charge on any atom is -0.00158 e. The Kier molecular flexibility index (Phi) is 6.42. The van der Waals surface area contributed by atoms with Crippen LogP contribution in [0.25, 0.3) is 5.57 Å². The molecule has 2 aromatic rings. The van der Waals surface area contributed by atoms with Crippen LogP contribution in [0.15, 0.2) is 61.2 Å². The van der Waals surface area contributed by atoms with E-state index in [4.69, 9.17) is 0 Å². The lowest BCUT2D eigenvalue weighted by Gasteiger charge is -2.17. The lowest BCUT2D eigenvalue weighted by atomic mass is 9.98. The molecule has 0 bridgehead atoms. The average Bonchev–Trinajstić information content (AvgIpc) is 2.59. The first kappa shape index (κ1) is 16.5. The number of hydrogen-bond acceptors (Lipinski definition) is 1. The summed E-state index contributed by atoms with van der Waals surface area (Å²) in [6.07, 6.45) is 2.37. The number of nitrogens with zero attached hydrogens (tertiary/aromatic N) is 1. The van der Waals surface area contributed by atoms with E-state index in [9.17, 15) is 0 Å². The molecule has 116 valence electrons. The molecule has 2 rings (SSSR count). The van der Waals surface area contributed by atoms with Gasteiger partial charge in [-0.05, 0) is 54.7 Å². The Balaban J connectivity index is 1.92. The summed E-state index contributed by atoms with van der Waals surface area (Å²) in [5, 5.41) is 0. The minimum absolute atomic E-state index is 1.09. The summed E-state index contributed by atoms with van der Waals surface area (Å²) < 4.78 is 0. The van der Waals surface area contributed by atoms with E-state index in [0.717, 1.165) is 25.1 Å². The smallest absolute Gasteiger partial charge is 0.00158 e. The molecule has 0 aliphatic carbocycles. The Morgan fingerprint density at radius 2 is 1.45 bits per heavy atom. The van der Waals surface area contributed by atoms with Gasteiger partial charge in [0.25, 0.3) is 0 Å². The van der Waals surface area contributed by atoms with Gasteiger partial charge >= 0.3 is 0 Å². The molecule has 0 radical (unpaired) electrons. The molecule has 0 unspecified atom stereocenters. The third-order valence-electron chi connectivity index (χ3n) is 4.26. The highest BCUT2D eigenvalue weighted by atomic mass is 15.1. The van der Waals surface area contributed by atoms with Crippen LogP contribution in [-0.4, -0.2) is 24.5 Å². The first-order valence-electron chi connectivity index (χ1n) is 8.30. The summed E-state index contributed by atoms with van der Waals surface area (Å²) in [7, 11) is 0. The van der Waals surface area contributed by atoms with Crippen molar-refractivity contribution in [1.29, 1.82) is 0 Å². The van der Waals surface area contributed by atoms with Crippen LogP contribution >= 0.6 is 0 Å². The SMILES string of the molecule is C=C(c1ccccc1)c1ccc(CCCN(CC)CC)cc1. The summed E-state index contributed by atoms with van der Waals surface area (Å²) in [4.78, 5) is 2.48. The molecule has 0 saturated heterocycles. The van der Waals surface area contributed by atoms with Crippen molar-refractivity contribution >= 4 is 5.57 Å². The molecule has 0 spiro atoms. The molecule has 0 aromatic heterocycles. The van der Waals surface area contributed by atoms with Crippen molar-refractivity contribution in [1.82, 2.24) is 4.90 Å². The zero-order chi connectivity index (χ0) is 15.8. The van der Waals surface area contributed by atoms with Crippen LogP contribution in [0.4, 0.5) is 0 Å². The van der Waals surface area contributed by atoms with Gasteiger partial charge in [-0.15, -0.1) is 0 Å². The van der Waals surface area contributed by atoms with Gasteiger partial charge < -0.3 is 4.90 Å². The van der Waals surface area contributed by atoms with Crippen LogP contribution in [0.3, 0.4) is 0 Å². The minimum Gasteiger partial charge on any atom is -0.304 e. The molecule has 0 aliphatic rings. The Labute approximate surface area is 135 Å². The van der Waals surface area contributed by atoms with Gasteiger partial charge in [-0.2, -0.15) is 0 Å². The Morgan fingerprint density at radius 1 is 0.864 bits per heavy atom. The van der Waals surface area contributed by atoms with Crippen LogP contribution < -0.4 is 0 Å². The number of aryl methyl sites for hydroxylation is 1. The van der Waals surface area contributed by atoms with Crippen LogP contribution in [-0.2, 0) is 6.42 Å². The van der Waals surface area contributed by atoms with Gasteiger partial charge in [0.15, 0.2) is 0 Å². The monoisotopic (exact) mass is 293 g/mol. The zero-order valence-electron chi connectivity index (χ0n) is 13.9. The molecule has 0 fully saturated rings. The highest BCUT2D eigenvalue weighted by Gasteiger charge is 2.03. The fourth-order valence-electron chi connectivity index (χ4n) is 2.73. The molecular formula is C21H27N. The second kappa shape index (κ2) is 8.55. The van der Waals surface area contributed by atoms with Crippen LogP contribution in [0.2, 0.25) is 0 Å². The van der Waals surface area contributed by atoms with Gasteiger partial charge in [0.05, 0.1) is 0 Å². The van der Waals surface area contributed by atoms with Crippen molar-refractivity contribution in [2.24, 2.45) is 0 Å². The third-order valence-corrected chi connectivity index (χ3v) is 4.26. The van der Waals surface area contributed by atoms with Gasteiger partial charge in [0.2, 0.25) is 0 Å². The molecule has 1 heteroatoms. The second-order valence-corrected chi connectivity index (χ2v) is 5.67. The quantitative estimate of drug-likeness (QED) is 0.660. The Morgan fingerprint density at radius 3 is 2.05 bits per heavy atom. The first-order chi connectivity index (χ1) is 10.7. The second-order valence-electron chi connectivity index (χ2n) is 5.67. The van der Waals surface area contributed by atoms with Crippen molar-refractivity contribution in [3.8, 4) is 0 Å². The van der Waals surface area contributed by atoms with E-state index in [1.54, 1.807) is 0 Å². The normalized spacial score (nSPS) is 10.9. The predicted molar refractivity (Wildman–Crippen MR) is 97.1 cm³/mol. The van der Waals surface area contributed by atoms with Crippen molar-refractivity contribution in [3.63, 3.8) is 0 Å². The van der Waals surface area contributed by atoms with Gasteiger partial charge in [-0.25, -0.2) is 0 Å². The molecule has 22 heavy (non-hydrogen) atoms. The molecule has 0 amide bonds. The fourth-order valence-corrected chi connectivity index (χ4v) is 2.73. The fraction of sp³-hybridized carbons (Fsp3) is 0.333. The standard InChI is InChI=1S/C21H27N/c1-4-22(5-2)17-9-10-19-13-15-21(16-14-19)18(3)20-11-7-6-8-12-20/h6-8,11-16H,3-5,9-10,17H2,1-2H3. The molecule has 0 heterocycles. The number of benzene rings is 2. The van der Waals surface area contributed by atoms with Gasteiger partial charge in [0.1, 0.15) is 0 Å². The molecule has 0 N–H and O–H groups in total. The lowest BCUT2D eigenvalue weighted by Crippen LogP contribution is -2.24. The van der Waals surface area contributed by atoms with Crippen molar-refractivity contribution < 1.29 is 0 Å². The number of hydrogen-bond donors (Lipinski definition) is 0. The molecule has 0 saturated carbocycles. The van der Waals surface area contributed by atoms with E-state index in [-0.39, 0.29) is 0 Å². The molecular weight excluding hydrogens is 266 g/mol. The molecule has 2 aromatic carbocycles. The van der Waals surface area contributed by atoms with Crippen molar-refractivity contribution in [3.05, 3.63) is 77.9 Å². The maximum absolute atomic E-state index is 4.23. The van der Waals surface area contributed by atoms with Crippen LogP contribution in [0.1, 0.15) is 37.0 Å². The van der Waals surface area contributed by atoms with E-state index in [2.05, 4.69) is 73.9 Å². The van der Waals surface area contributed by atoms with E-state index in [0.29, 0.717) is 0 Å². The highest BCUT2D eigenvalue weighted by Crippen LogP contribution is 2.21. The minimum atomic E-state index is 1.09. The lowest BCUT2D eigenvalue weighted by molar-refractivity contribution is 0.300. The molecule has 1 nitrogen and oxygen atoms in total. The topological polar surface area (TPSA) is 3.24 Å². The van der Waals surface area contributed by atoms with E-state index in [1.807, 2.05) is 6.07 Å².